The molecule has 0 atom stereocenters. The molecule has 4 rings (SSSR count). The molecule has 0 aliphatic rings. The monoisotopic (exact) mass is 388 g/mol. The van der Waals surface area contributed by atoms with Crippen molar-refractivity contribution in [2.45, 2.75) is 6.92 Å². The van der Waals surface area contributed by atoms with Crippen LogP contribution in [0.25, 0.3) is 33.0 Å². The van der Waals surface area contributed by atoms with Gasteiger partial charge in [-0.2, -0.15) is 0 Å². The number of phenols is 1. The third-order valence-electron chi connectivity index (χ3n) is 4.63. The van der Waals surface area contributed by atoms with Crippen LogP contribution in [0.15, 0.2) is 83.3 Å². The Morgan fingerprint density at radius 2 is 1.20 bits per heavy atom. The van der Waals surface area contributed by atoms with Gasteiger partial charge in [0.15, 0.2) is 0 Å². The van der Waals surface area contributed by atoms with Gasteiger partial charge in [0, 0.05) is 9.86 Å². The maximum Gasteiger partial charge on any atom is 0.126 e. The van der Waals surface area contributed by atoms with Crippen LogP contribution in [0, 0.1) is 6.92 Å². The van der Waals surface area contributed by atoms with E-state index in [1.54, 1.807) is 0 Å². The molecule has 4 aromatic carbocycles. The summed E-state index contributed by atoms with van der Waals surface area (Å²) < 4.78 is 1.04. The summed E-state index contributed by atoms with van der Waals surface area (Å²) in [5.41, 5.74) is 5.39. The van der Waals surface area contributed by atoms with E-state index in [2.05, 4.69) is 58.4 Å². The van der Waals surface area contributed by atoms with Gasteiger partial charge in [-0.05, 0) is 52.3 Å². The molecule has 0 saturated heterocycles. The molecule has 25 heavy (non-hydrogen) atoms. The highest BCUT2D eigenvalue weighted by Gasteiger charge is 2.18. The first-order valence-corrected chi connectivity index (χ1v) is 9.01. The molecule has 0 saturated carbocycles. The number of fused-ring (bicyclic) bond motifs is 1. The fraction of sp³-hybridized carbons (Fsp3) is 0.0435. The average Bonchev–Trinajstić information content (AvgIpc) is 2.66. The molecule has 0 aliphatic carbocycles. The van der Waals surface area contributed by atoms with Crippen molar-refractivity contribution >= 4 is 26.7 Å². The molecule has 0 radical (unpaired) electrons. The quantitative estimate of drug-likeness (QED) is 0.393. The van der Waals surface area contributed by atoms with Crippen LogP contribution < -0.4 is 0 Å². The van der Waals surface area contributed by atoms with Crippen molar-refractivity contribution in [3.8, 4) is 28.0 Å². The fourth-order valence-electron chi connectivity index (χ4n) is 3.43. The largest absolute Gasteiger partial charge is 0.507 e. The molecule has 0 amide bonds. The second kappa shape index (κ2) is 6.38. The second-order valence-electron chi connectivity index (χ2n) is 6.14. The topological polar surface area (TPSA) is 20.2 Å². The molecule has 0 unspecified atom stereocenters. The smallest absolute Gasteiger partial charge is 0.126 e. The highest BCUT2D eigenvalue weighted by Crippen LogP contribution is 2.45. The first-order valence-electron chi connectivity index (χ1n) is 8.22. The van der Waals surface area contributed by atoms with Gasteiger partial charge in [-0.25, -0.2) is 0 Å². The first-order chi connectivity index (χ1) is 12.2. The molecular weight excluding hydrogens is 372 g/mol. The third-order valence-corrected chi connectivity index (χ3v) is 5.16. The lowest BCUT2D eigenvalue weighted by molar-refractivity contribution is 0.478. The number of rotatable bonds is 2. The Kier molecular flexibility index (Phi) is 4.06. The van der Waals surface area contributed by atoms with E-state index >= 15 is 0 Å². The molecule has 0 aromatic heterocycles. The van der Waals surface area contributed by atoms with Crippen molar-refractivity contribution < 1.29 is 5.11 Å². The van der Waals surface area contributed by atoms with Crippen LogP contribution in [-0.4, -0.2) is 5.11 Å². The summed E-state index contributed by atoms with van der Waals surface area (Å²) in [6.07, 6.45) is 0. The molecule has 0 bridgehead atoms. The summed E-state index contributed by atoms with van der Waals surface area (Å²) in [6.45, 7) is 1.99. The molecule has 1 nitrogen and oxygen atoms in total. The zero-order chi connectivity index (χ0) is 17.4. The summed E-state index contributed by atoms with van der Waals surface area (Å²) in [5, 5.41) is 12.8. The normalized spacial score (nSPS) is 11.0. The molecule has 0 fully saturated rings. The Bertz CT molecular complexity index is 1050. The van der Waals surface area contributed by atoms with Crippen LogP contribution in [-0.2, 0) is 0 Å². The fourth-order valence-corrected chi connectivity index (χ4v) is 3.70. The lowest BCUT2D eigenvalue weighted by Gasteiger charge is -2.19. The van der Waals surface area contributed by atoms with Gasteiger partial charge < -0.3 is 5.11 Å². The van der Waals surface area contributed by atoms with Gasteiger partial charge in [0.25, 0.3) is 0 Å². The van der Waals surface area contributed by atoms with E-state index in [-0.39, 0.29) is 0 Å². The lowest BCUT2D eigenvalue weighted by Crippen LogP contribution is -1.93. The first kappa shape index (κ1) is 15.9. The van der Waals surface area contributed by atoms with Crippen molar-refractivity contribution in [2.24, 2.45) is 0 Å². The minimum absolute atomic E-state index is 0.355. The van der Waals surface area contributed by atoms with Crippen molar-refractivity contribution in [3.05, 3.63) is 88.9 Å². The number of halogens is 1. The zero-order valence-electron chi connectivity index (χ0n) is 13.8. The average molecular weight is 389 g/mol. The number of hydrogen-bond acceptors (Lipinski definition) is 1. The Hall–Kier alpha value is -2.58. The Labute approximate surface area is 155 Å². The van der Waals surface area contributed by atoms with Crippen LogP contribution in [0.1, 0.15) is 5.56 Å². The van der Waals surface area contributed by atoms with E-state index in [0.29, 0.717) is 5.75 Å². The highest BCUT2D eigenvalue weighted by molar-refractivity contribution is 9.10. The zero-order valence-corrected chi connectivity index (χ0v) is 15.4. The van der Waals surface area contributed by atoms with Gasteiger partial charge in [0.1, 0.15) is 5.75 Å². The van der Waals surface area contributed by atoms with Gasteiger partial charge >= 0.3 is 0 Å². The summed E-state index contributed by atoms with van der Waals surface area (Å²) in [5.74, 6) is 0.355. The van der Waals surface area contributed by atoms with Crippen LogP contribution >= 0.6 is 15.9 Å². The number of benzene rings is 4. The van der Waals surface area contributed by atoms with E-state index < -0.39 is 0 Å². The molecule has 0 spiro atoms. The Balaban J connectivity index is 2.17. The summed E-state index contributed by atoms with van der Waals surface area (Å²) in [4.78, 5) is 0. The van der Waals surface area contributed by atoms with Gasteiger partial charge in [-0.1, -0.05) is 82.7 Å². The minimum Gasteiger partial charge on any atom is -0.507 e. The summed E-state index contributed by atoms with van der Waals surface area (Å²) in [7, 11) is 0. The Morgan fingerprint density at radius 3 is 1.88 bits per heavy atom. The molecule has 1 N–H and O–H groups in total. The van der Waals surface area contributed by atoms with Crippen LogP contribution in [0.4, 0.5) is 0 Å². The molecular formula is C23H17BrO. The van der Waals surface area contributed by atoms with Crippen molar-refractivity contribution in [1.82, 2.24) is 0 Å². The number of aromatic hydroxyl groups is 1. The van der Waals surface area contributed by atoms with Crippen molar-refractivity contribution in [3.63, 3.8) is 0 Å². The predicted molar refractivity (Wildman–Crippen MR) is 109 cm³/mol. The van der Waals surface area contributed by atoms with E-state index in [9.17, 15) is 5.11 Å². The standard InChI is InChI=1S/C23H17BrO/c1-15-21(17-11-13-18(24)14-12-17)22(16-7-3-2-4-8-16)19-9-5-6-10-20(19)23(15)25/h2-14,25H,1H3. The van der Waals surface area contributed by atoms with Gasteiger partial charge in [-0.3, -0.25) is 0 Å². The van der Waals surface area contributed by atoms with E-state index in [1.807, 2.05) is 43.3 Å². The van der Waals surface area contributed by atoms with Gasteiger partial charge in [0.05, 0.1) is 0 Å². The number of hydrogen-bond donors (Lipinski definition) is 1. The molecule has 122 valence electrons. The van der Waals surface area contributed by atoms with Crippen molar-refractivity contribution in [1.29, 1.82) is 0 Å². The van der Waals surface area contributed by atoms with Gasteiger partial charge in [0.2, 0.25) is 0 Å². The van der Waals surface area contributed by atoms with E-state index in [1.165, 1.54) is 0 Å². The van der Waals surface area contributed by atoms with Crippen LogP contribution in [0.5, 0.6) is 5.75 Å². The van der Waals surface area contributed by atoms with Crippen molar-refractivity contribution in [2.75, 3.05) is 0 Å². The second-order valence-corrected chi connectivity index (χ2v) is 7.06. The maximum atomic E-state index is 10.8. The van der Waals surface area contributed by atoms with Crippen LogP contribution in [0.3, 0.4) is 0 Å². The molecule has 4 aromatic rings. The number of phenolic OH excluding ortho intramolecular Hbond substituents is 1. The highest BCUT2D eigenvalue weighted by atomic mass is 79.9. The summed E-state index contributed by atoms with van der Waals surface area (Å²) >= 11 is 3.50. The SMILES string of the molecule is Cc1c(-c2ccc(Br)cc2)c(-c2ccccc2)c2ccccc2c1O. The Morgan fingerprint density at radius 1 is 0.640 bits per heavy atom. The van der Waals surface area contributed by atoms with E-state index in [4.69, 9.17) is 0 Å². The molecule has 2 heteroatoms. The minimum atomic E-state index is 0.355. The van der Waals surface area contributed by atoms with Gasteiger partial charge in [-0.15, -0.1) is 0 Å². The lowest BCUT2D eigenvalue weighted by atomic mass is 9.86. The maximum absolute atomic E-state index is 10.8. The predicted octanol–water partition coefficient (Wildman–Crippen LogP) is 6.95. The summed E-state index contributed by atoms with van der Waals surface area (Å²) in [6, 6.07) is 26.7. The molecule has 0 heterocycles. The molecule has 0 aliphatic heterocycles. The third kappa shape index (κ3) is 2.73. The van der Waals surface area contributed by atoms with Crippen LogP contribution in [0.2, 0.25) is 0 Å². The van der Waals surface area contributed by atoms with E-state index in [0.717, 1.165) is 43.1 Å².